The molecule has 0 bridgehead atoms. The highest BCUT2D eigenvalue weighted by Crippen LogP contribution is 2.26. The molecule has 3 nitrogen and oxygen atoms in total. The van der Waals surface area contributed by atoms with Crippen LogP contribution in [0.5, 0.6) is 0 Å². The van der Waals surface area contributed by atoms with Crippen molar-refractivity contribution in [2.75, 3.05) is 11.9 Å². The van der Waals surface area contributed by atoms with Gasteiger partial charge in [-0.1, -0.05) is 24.8 Å². The Morgan fingerprint density at radius 1 is 1.18 bits per heavy atom. The molecule has 2 aromatic rings. The zero-order chi connectivity index (χ0) is 11.9. The number of hydrogen-bond acceptors (Lipinski definition) is 4. The summed E-state index contributed by atoms with van der Waals surface area (Å²) in [6.45, 7) is 3.09. The predicted octanol–water partition coefficient (Wildman–Crippen LogP) is 3.45. The van der Waals surface area contributed by atoms with Crippen molar-refractivity contribution in [1.82, 2.24) is 9.97 Å². The molecule has 2 aromatic heterocycles. The molecule has 0 radical (unpaired) electrons. The van der Waals surface area contributed by atoms with E-state index in [-0.39, 0.29) is 0 Å². The van der Waals surface area contributed by atoms with Gasteiger partial charge in [-0.05, 0) is 30.7 Å². The third-order valence-corrected chi connectivity index (χ3v) is 3.09. The third kappa shape index (κ3) is 3.75. The molecule has 0 atom stereocenters. The van der Waals surface area contributed by atoms with Crippen molar-refractivity contribution >= 4 is 17.6 Å². The number of aromatic nitrogens is 2. The Morgan fingerprint density at radius 2 is 2.12 bits per heavy atom. The average Bonchev–Trinajstić information content (AvgIpc) is 2.38. The van der Waals surface area contributed by atoms with E-state index < -0.39 is 0 Å². The maximum absolute atomic E-state index is 4.29. The van der Waals surface area contributed by atoms with E-state index >= 15 is 0 Å². The average molecular weight is 245 g/mol. The minimum atomic E-state index is 0.924. The first kappa shape index (κ1) is 11.9. The zero-order valence-corrected chi connectivity index (χ0v) is 10.6. The van der Waals surface area contributed by atoms with E-state index in [0.717, 1.165) is 28.7 Å². The van der Waals surface area contributed by atoms with Gasteiger partial charge in [0, 0.05) is 23.8 Å². The summed E-state index contributed by atoms with van der Waals surface area (Å²) >= 11 is 1.64. The second kappa shape index (κ2) is 6.25. The van der Waals surface area contributed by atoms with Crippen LogP contribution >= 0.6 is 11.8 Å². The Kier molecular flexibility index (Phi) is 4.38. The van der Waals surface area contributed by atoms with E-state index in [9.17, 15) is 0 Å². The molecule has 0 saturated heterocycles. The second-order valence-corrected chi connectivity index (χ2v) is 4.67. The Labute approximate surface area is 106 Å². The van der Waals surface area contributed by atoms with E-state index in [2.05, 4.69) is 28.3 Å². The van der Waals surface area contributed by atoms with Gasteiger partial charge in [0.1, 0.15) is 10.8 Å². The standard InChI is InChI=1S/C13H15N3S/c1-2-7-14-12-10-11(6-9-15-12)17-13-5-3-4-8-16-13/h3-6,8-10H,2,7H2,1H3,(H,14,15). The summed E-state index contributed by atoms with van der Waals surface area (Å²) in [5.41, 5.74) is 0. The van der Waals surface area contributed by atoms with Crippen molar-refractivity contribution in [3.63, 3.8) is 0 Å². The van der Waals surface area contributed by atoms with Crippen LogP contribution in [0.15, 0.2) is 52.6 Å². The summed E-state index contributed by atoms with van der Waals surface area (Å²) in [5.74, 6) is 0.924. The summed E-state index contributed by atoms with van der Waals surface area (Å²) in [7, 11) is 0. The van der Waals surface area contributed by atoms with Gasteiger partial charge in [0.2, 0.25) is 0 Å². The quantitative estimate of drug-likeness (QED) is 0.875. The lowest BCUT2D eigenvalue weighted by atomic mass is 10.4. The molecule has 0 amide bonds. The van der Waals surface area contributed by atoms with Crippen molar-refractivity contribution in [3.8, 4) is 0 Å². The van der Waals surface area contributed by atoms with Gasteiger partial charge in [-0.15, -0.1) is 0 Å². The van der Waals surface area contributed by atoms with Crippen LogP contribution in [-0.2, 0) is 0 Å². The number of hydrogen-bond donors (Lipinski definition) is 1. The van der Waals surface area contributed by atoms with Crippen molar-refractivity contribution in [3.05, 3.63) is 42.7 Å². The van der Waals surface area contributed by atoms with Gasteiger partial charge < -0.3 is 5.32 Å². The van der Waals surface area contributed by atoms with Crippen LogP contribution in [0.4, 0.5) is 5.82 Å². The Morgan fingerprint density at radius 3 is 2.88 bits per heavy atom. The van der Waals surface area contributed by atoms with Crippen molar-refractivity contribution in [1.29, 1.82) is 0 Å². The first-order chi connectivity index (χ1) is 8.38. The largest absolute Gasteiger partial charge is 0.370 e. The first-order valence-electron chi connectivity index (χ1n) is 5.67. The molecule has 0 aliphatic heterocycles. The van der Waals surface area contributed by atoms with Crippen LogP contribution in [0.3, 0.4) is 0 Å². The minimum Gasteiger partial charge on any atom is -0.370 e. The van der Waals surface area contributed by atoms with Gasteiger partial charge >= 0.3 is 0 Å². The topological polar surface area (TPSA) is 37.8 Å². The smallest absolute Gasteiger partial charge is 0.127 e. The number of pyridine rings is 2. The highest BCUT2D eigenvalue weighted by Gasteiger charge is 1.99. The molecular formula is C13H15N3S. The highest BCUT2D eigenvalue weighted by molar-refractivity contribution is 7.99. The summed E-state index contributed by atoms with van der Waals surface area (Å²) < 4.78 is 0. The molecule has 0 aromatic carbocycles. The summed E-state index contributed by atoms with van der Waals surface area (Å²) in [4.78, 5) is 9.71. The molecule has 0 fully saturated rings. The SMILES string of the molecule is CCCNc1cc(Sc2ccccn2)ccn1. The fourth-order valence-electron chi connectivity index (χ4n) is 1.35. The van der Waals surface area contributed by atoms with Crippen LogP contribution in [0, 0.1) is 0 Å². The molecule has 0 unspecified atom stereocenters. The van der Waals surface area contributed by atoms with Crippen LogP contribution in [0.25, 0.3) is 0 Å². The maximum atomic E-state index is 4.29. The molecular weight excluding hydrogens is 230 g/mol. The lowest BCUT2D eigenvalue weighted by Gasteiger charge is -2.05. The van der Waals surface area contributed by atoms with Gasteiger partial charge in [-0.3, -0.25) is 0 Å². The van der Waals surface area contributed by atoms with Crippen molar-refractivity contribution in [2.45, 2.75) is 23.3 Å². The van der Waals surface area contributed by atoms with Crippen LogP contribution in [0.1, 0.15) is 13.3 Å². The van der Waals surface area contributed by atoms with Gasteiger partial charge in [0.25, 0.3) is 0 Å². The van der Waals surface area contributed by atoms with E-state index in [1.165, 1.54) is 0 Å². The van der Waals surface area contributed by atoms with E-state index in [1.54, 1.807) is 18.0 Å². The number of nitrogens with zero attached hydrogens (tertiary/aromatic N) is 2. The van der Waals surface area contributed by atoms with Crippen molar-refractivity contribution in [2.24, 2.45) is 0 Å². The Balaban J connectivity index is 2.06. The number of rotatable bonds is 5. The fourth-order valence-corrected chi connectivity index (χ4v) is 2.15. The second-order valence-electron chi connectivity index (χ2n) is 3.57. The van der Waals surface area contributed by atoms with E-state index in [4.69, 9.17) is 0 Å². The number of anilines is 1. The van der Waals surface area contributed by atoms with Crippen LogP contribution in [0.2, 0.25) is 0 Å². The molecule has 2 heterocycles. The molecule has 0 spiro atoms. The molecule has 0 saturated carbocycles. The van der Waals surface area contributed by atoms with Gasteiger partial charge in [0.15, 0.2) is 0 Å². The van der Waals surface area contributed by atoms with Gasteiger partial charge in [-0.2, -0.15) is 0 Å². The molecule has 88 valence electrons. The predicted molar refractivity (Wildman–Crippen MR) is 71.4 cm³/mol. The molecule has 0 aliphatic carbocycles. The Bertz CT molecular complexity index is 459. The minimum absolute atomic E-state index is 0.924. The third-order valence-electron chi connectivity index (χ3n) is 2.15. The van der Waals surface area contributed by atoms with Crippen LogP contribution < -0.4 is 5.32 Å². The molecule has 17 heavy (non-hydrogen) atoms. The van der Waals surface area contributed by atoms with Crippen LogP contribution in [-0.4, -0.2) is 16.5 Å². The number of nitrogens with one attached hydrogen (secondary N) is 1. The highest BCUT2D eigenvalue weighted by atomic mass is 32.2. The van der Waals surface area contributed by atoms with E-state index in [1.807, 2.05) is 30.5 Å². The van der Waals surface area contributed by atoms with Crippen molar-refractivity contribution < 1.29 is 0 Å². The van der Waals surface area contributed by atoms with E-state index in [0.29, 0.717) is 0 Å². The lowest BCUT2D eigenvalue weighted by molar-refractivity contribution is 0.967. The fraction of sp³-hybridized carbons (Fsp3) is 0.231. The molecule has 2 rings (SSSR count). The molecule has 4 heteroatoms. The van der Waals surface area contributed by atoms with Gasteiger partial charge in [-0.25, -0.2) is 9.97 Å². The normalized spacial score (nSPS) is 10.2. The summed E-state index contributed by atoms with van der Waals surface area (Å²) in [6.07, 6.45) is 4.72. The maximum Gasteiger partial charge on any atom is 0.127 e. The lowest BCUT2D eigenvalue weighted by Crippen LogP contribution is -2.01. The molecule has 0 aliphatic rings. The Hall–Kier alpha value is -1.55. The summed E-state index contributed by atoms with van der Waals surface area (Å²) in [5, 5.41) is 4.28. The first-order valence-corrected chi connectivity index (χ1v) is 6.49. The monoisotopic (exact) mass is 245 g/mol. The summed E-state index contributed by atoms with van der Waals surface area (Å²) in [6, 6.07) is 9.97. The van der Waals surface area contributed by atoms with Gasteiger partial charge in [0.05, 0.1) is 0 Å². The zero-order valence-electron chi connectivity index (χ0n) is 9.76. The molecule has 1 N–H and O–H groups in total.